The highest BCUT2D eigenvalue weighted by molar-refractivity contribution is 5.79. The molecular weight excluding hydrogens is 242 g/mol. The second-order valence-corrected chi connectivity index (χ2v) is 4.48. The number of amides is 1. The molecule has 0 aliphatic carbocycles. The van der Waals surface area contributed by atoms with Gasteiger partial charge in [-0.05, 0) is 24.6 Å². The van der Waals surface area contributed by atoms with Crippen molar-refractivity contribution in [3.8, 4) is 0 Å². The number of hydrogen-bond donors (Lipinski definition) is 2. The van der Waals surface area contributed by atoms with Crippen LogP contribution in [0.5, 0.6) is 0 Å². The monoisotopic (exact) mass is 259 g/mol. The summed E-state index contributed by atoms with van der Waals surface area (Å²) < 4.78 is 5.18. The fourth-order valence-corrected chi connectivity index (χ4v) is 1.95. The summed E-state index contributed by atoms with van der Waals surface area (Å²) in [5, 5.41) is 12.0. The van der Waals surface area contributed by atoms with Crippen LogP contribution in [0.15, 0.2) is 47.1 Å². The molecule has 1 amide bonds. The van der Waals surface area contributed by atoms with E-state index in [4.69, 9.17) is 4.42 Å². The van der Waals surface area contributed by atoms with Gasteiger partial charge < -0.3 is 14.8 Å². The number of aryl methyl sites for hydroxylation is 1. The first-order valence-electron chi connectivity index (χ1n) is 6.18. The molecule has 1 aromatic carbocycles. The molecule has 2 aromatic rings. The van der Waals surface area contributed by atoms with Gasteiger partial charge in [0.15, 0.2) is 0 Å². The minimum Gasteiger partial charge on any atom is -0.467 e. The van der Waals surface area contributed by atoms with Crippen LogP contribution in [-0.4, -0.2) is 17.6 Å². The molecule has 0 aliphatic heterocycles. The second kappa shape index (κ2) is 6.20. The molecule has 1 aromatic heterocycles. The molecule has 0 aliphatic rings. The highest BCUT2D eigenvalue weighted by atomic mass is 16.3. The standard InChI is InChI=1S/C15H17NO3/c1-11-4-2-5-12(8-11)9-15(18)16-13(10-17)14-6-3-7-19-14/h2-8,13,17H,9-10H2,1H3,(H,16,18). The minimum atomic E-state index is -0.493. The number of aliphatic hydroxyl groups excluding tert-OH is 1. The van der Waals surface area contributed by atoms with Crippen molar-refractivity contribution in [1.29, 1.82) is 0 Å². The predicted octanol–water partition coefficient (Wildman–Crippen LogP) is 1.98. The average molecular weight is 259 g/mol. The molecule has 0 saturated heterocycles. The minimum absolute atomic E-state index is 0.138. The van der Waals surface area contributed by atoms with Gasteiger partial charge in [-0.2, -0.15) is 0 Å². The number of nitrogens with one attached hydrogen (secondary N) is 1. The van der Waals surface area contributed by atoms with Crippen molar-refractivity contribution < 1.29 is 14.3 Å². The summed E-state index contributed by atoms with van der Waals surface area (Å²) in [7, 11) is 0. The number of carbonyl (C=O) groups is 1. The highest BCUT2D eigenvalue weighted by Gasteiger charge is 2.16. The molecular formula is C15H17NO3. The van der Waals surface area contributed by atoms with Crippen molar-refractivity contribution in [3.05, 3.63) is 59.5 Å². The van der Waals surface area contributed by atoms with E-state index in [9.17, 15) is 9.90 Å². The van der Waals surface area contributed by atoms with E-state index in [1.165, 1.54) is 6.26 Å². The molecule has 1 atom stereocenters. The van der Waals surface area contributed by atoms with E-state index < -0.39 is 6.04 Å². The van der Waals surface area contributed by atoms with E-state index in [2.05, 4.69) is 5.32 Å². The van der Waals surface area contributed by atoms with Gasteiger partial charge in [-0.3, -0.25) is 4.79 Å². The number of aliphatic hydroxyl groups is 1. The number of benzene rings is 1. The van der Waals surface area contributed by atoms with Gasteiger partial charge >= 0.3 is 0 Å². The van der Waals surface area contributed by atoms with Crippen LogP contribution in [0.3, 0.4) is 0 Å². The van der Waals surface area contributed by atoms with Gasteiger partial charge in [0.25, 0.3) is 0 Å². The van der Waals surface area contributed by atoms with E-state index in [1.807, 2.05) is 31.2 Å². The van der Waals surface area contributed by atoms with Crippen LogP contribution in [0.25, 0.3) is 0 Å². The molecule has 0 saturated carbocycles. The maximum Gasteiger partial charge on any atom is 0.225 e. The lowest BCUT2D eigenvalue weighted by Gasteiger charge is -2.14. The van der Waals surface area contributed by atoms with Crippen LogP contribution in [0.1, 0.15) is 22.9 Å². The third-order valence-corrected chi connectivity index (χ3v) is 2.85. The summed E-state index contributed by atoms with van der Waals surface area (Å²) in [5.74, 6) is 0.418. The third kappa shape index (κ3) is 3.69. The first-order valence-corrected chi connectivity index (χ1v) is 6.18. The first kappa shape index (κ1) is 13.4. The number of carbonyl (C=O) groups excluding carboxylic acids is 1. The molecule has 2 rings (SSSR count). The van der Waals surface area contributed by atoms with Crippen LogP contribution < -0.4 is 5.32 Å². The predicted molar refractivity (Wildman–Crippen MR) is 71.6 cm³/mol. The van der Waals surface area contributed by atoms with Gasteiger partial charge in [0, 0.05) is 0 Å². The highest BCUT2D eigenvalue weighted by Crippen LogP contribution is 2.13. The van der Waals surface area contributed by atoms with Gasteiger partial charge in [0.2, 0.25) is 5.91 Å². The Morgan fingerprint density at radius 3 is 2.84 bits per heavy atom. The lowest BCUT2D eigenvalue weighted by Crippen LogP contribution is -2.31. The van der Waals surface area contributed by atoms with Crippen LogP contribution in [0.2, 0.25) is 0 Å². The van der Waals surface area contributed by atoms with Crippen LogP contribution in [0.4, 0.5) is 0 Å². The summed E-state index contributed by atoms with van der Waals surface area (Å²) in [4.78, 5) is 11.9. The number of furan rings is 1. The molecule has 1 unspecified atom stereocenters. The molecule has 4 nitrogen and oxygen atoms in total. The Morgan fingerprint density at radius 1 is 1.37 bits per heavy atom. The molecule has 0 bridgehead atoms. The Kier molecular flexibility index (Phi) is 4.36. The molecule has 19 heavy (non-hydrogen) atoms. The van der Waals surface area contributed by atoms with E-state index in [-0.39, 0.29) is 12.5 Å². The Balaban J connectivity index is 1.97. The molecule has 0 radical (unpaired) electrons. The largest absolute Gasteiger partial charge is 0.467 e. The quantitative estimate of drug-likeness (QED) is 0.863. The van der Waals surface area contributed by atoms with E-state index in [1.54, 1.807) is 12.1 Å². The Morgan fingerprint density at radius 2 is 2.21 bits per heavy atom. The summed E-state index contributed by atoms with van der Waals surface area (Å²) in [6, 6.07) is 10.8. The summed E-state index contributed by atoms with van der Waals surface area (Å²) >= 11 is 0. The number of rotatable bonds is 5. The fraction of sp³-hybridized carbons (Fsp3) is 0.267. The van der Waals surface area contributed by atoms with Gasteiger partial charge in [-0.25, -0.2) is 0 Å². The molecule has 100 valence electrons. The van der Waals surface area contributed by atoms with Crippen molar-refractivity contribution in [2.24, 2.45) is 0 Å². The lowest BCUT2D eigenvalue weighted by molar-refractivity contribution is -0.121. The Labute approximate surface area is 112 Å². The van der Waals surface area contributed by atoms with Gasteiger partial charge in [-0.15, -0.1) is 0 Å². The molecule has 1 heterocycles. The maximum absolute atomic E-state index is 11.9. The Hall–Kier alpha value is -2.07. The topological polar surface area (TPSA) is 62.5 Å². The van der Waals surface area contributed by atoms with Crippen molar-refractivity contribution in [2.75, 3.05) is 6.61 Å². The van der Waals surface area contributed by atoms with E-state index >= 15 is 0 Å². The van der Waals surface area contributed by atoms with Gasteiger partial charge in [-0.1, -0.05) is 29.8 Å². The SMILES string of the molecule is Cc1cccc(CC(=O)NC(CO)c2ccco2)c1. The smallest absolute Gasteiger partial charge is 0.225 e. The van der Waals surface area contributed by atoms with Gasteiger partial charge in [0.05, 0.1) is 19.3 Å². The van der Waals surface area contributed by atoms with Crippen molar-refractivity contribution in [2.45, 2.75) is 19.4 Å². The van der Waals surface area contributed by atoms with Crippen molar-refractivity contribution >= 4 is 5.91 Å². The van der Waals surface area contributed by atoms with Gasteiger partial charge in [0.1, 0.15) is 11.8 Å². The normalized spacial score (nSPS) is 12.1. The number of hydrogen-bond acceptors (Lipinski definition) is 3. The van der Waals surface area contributed by atoms with E-state index in [0.717, 1.165) is 11.1 Å². The molecule has 2 N–H and O–H groups in total. The second-order valence-electron chi connectivity index (χ2n) is 4.48. The van der Waals surface area contributed by atoms with Crippen LogP contribution in [-0.2, 0) is 11.2 Å². The Bertz CT molecular complexity index is 534. The van der Waals surface area contributed by atoms with Crippen LogP contribution >= 0.6 is 0 Å². The summed E-state index contributed by atoms with van der Waals surface area (Å²) in [5.41, 5.74) is 2.07. The fourth-order valence-electron chi connectivity index (χ4n) is 1.95. The lowest BCUT2D eigenvalue weighted by atomic mass is 10.1. The maximum atomic E-state index is 11.9. The average Bonchev–Trinajstić information content (AvgIpc) is 2.89. The van der Waals surface area contributed by atoms with Crippen molar-refractivity contribution in [1.82, 2.24) is 5.32 Å². The zero-order valence-corrected chi connectivity index (χ0v) is 10.8. The third-order valence-electron chi connectivity index (χ3n) is 2.85. The van der Waals surface area contributed by atoms with Crippen molar-refractivity contribution in [3.63, 3.8) is 0 Å². The summed E-state index contributed by atoms with van der Waals surface area (Å²) in [6.45, 7) is 1.80. The van der Waals surface area contributed by atoms with Crippen LogP contribution in [0, 0.1) is 6.92 Å². The molecule has 4 heteroatoms. The summed E-state index contributed by atoms with van der Waals surface area (Å²) in [6.07, 6.45) is 1.81. The van der Waals surface area contributed by atoms with E-state index in [0.29, 0.717) is 12.2 Å². The zero-order valence-electron chi connectivity index (χ0n) is 10.8. The zero-order chi connectivity index (χ0) is 13.7. The molecule has 0 fully saturated rings. The first-order chi connectivity index (χ1) is 9.19. The molecule has 0 spiro atoms.